The van der Waals surface area contributed by atoms with E-state index in [1.807, 2.05) is 0 Å². The van der Waals surface area contributed by atoms with E-state index in [1.165, 1.54) is 10.7 Å². The van der Waals surface area contributed by atoms with Gasteiger partial charge in [0, 0.05) is 29.8 Å². The van der Waals surface area contributed by atoms with Crippen molar-refractivity contribution in [3.63, 3.8) is 0 Å². The molecule has 0 aliphatic rings. The highest BCUT2D eigenvalue weighted by Gasteiger charge is 2.18. The summed E-state index contributed by atoms with van der Waals surface area (Å²) >= 11 is 0. The van der Waals surface area contributed by atoms with Crippen LogP contribution in [0.3, 0.4) is 0 Å². The molecular weight excluding hydrogens is 384 g/mol. The van der Waals surface area contributed by atoms with Crippen LogP contribution >= 0.6 is 0 Å². The van der Waals surface area contributed by atoms with Gasteiger partial charge in [-0.25, -0.2) is 4.68 Å². The van der Waals surface area contributed by atoms with Crippen molar-refractivity contribution in [2.45, 2.75) is 0 Å². The van der Waals surface area contributed by atoms with E-state index >= 15 is 0 Å². The molecule has 0 bridgehead atoms. The summed E-state index contributed by atoms with van der Waals surface area (Å²) in [4.78, 5) is 23.7. The SMILES string of the molecule is COc1ccc(Nc2ccc(-c3nn(C)c(=O)c4ccccc34)cc2[N+](=O)[O-])cc1. The number of hydrogen-bond acceptors (Lipinski definition) is 6. The van der Waals surface area contributed by atoms with E-state index in [2.05, 4.69) is 10.4 Å². The maximum absolute atomic E-state index is 12.4. The Bertz CT molecular complexity index is 1310. The minimum atomic E-state index is -0.445. The van der Waals surface area contributed by atoms with E-state index in [9.17, 15) is 14.9 Å². The van der Waals surface area contributed by atoms with Gasteiger partial charge in [-0.15, -0.1) is 0 Å². The molecule has 0 atom stereocenters. The molecule has 4 aromatic rings. The summed E-state index contributed by atoms with van der Waals surface area (Å²) in [6.45, 7) is 0. The Morgan fingerprint density at radius 2 is 1.73 bits per heavy atom. The lowest BCUT2D eigenvalue weighted by molar-refractivity contribution is -0.383. The number of hydrogen-bond donors (Lipinski definition) is 1. The monoisotopic (exact) mass is 402 g/mol. The summed E-state index contributed by atoms with van der Waals surface area (Å²) in [5.74, 6) is 0.693. The van der Waals surface area contributed by atoms with Gasteiger partial charge in [0.25, 0.3) is 11.2 Å². The van der Waals surface area contributed by atoms with Crippen molar-refractivity contribution in [2.75, 3.05) is 12.4 Å². The average Bonchev–Trinajstić information content (AvgIpc) is 2.77. The Morgan fingerprint density at radius 3 is 2.40 bits per heavy atom. The van der Waals surface area contributed by atoms with Crippen LogP contribution in [0.4, 0.5) is 17.1 Å². The maximum Gasteiger partial charge on any atom is 0.293 e. The fourth-order valence-corrected chi connectivity index (χ4v) is 3.28. The minimum Gasteiger partial charge on any atom is -0.497 e. The molecule has 1 heterocycles. The fraction of sp³-hybridized carbons (Fsp3) is 0.0909. The molecule has 0 radical (unpaired) electrons. The van der Waals surface area contributed by atoms with Gasteiger partial charge in [0.1, 0.15) is 11.4 Å². The van der Waals surface area contributed by atoms with Crippen LogP contribution < -0.4 is 15.6 Å². The van der Waals surface area contributed by atoms with Gasteiger partial charge in [-0.2, -0.15) is 5.10 Å². The first-order valence-electron chi connectivity index (χ1n) is 9.14. The standard InChI is InChI=1S/C22H18N4O4/c1-25-22(27)18-6-4-3-5-17(18)21(24-25)14-7-12-19(20(13-14)26(28)29)23-15-8-10-16(30-2)11-9-15/h3-13,23H,1-2H3. The second-order valence-corrected chi connectivity index (χ2v) is 6.67. The van der Waals surface area contributed by atoms with Crippen molar-refractivity contribution in [2.24, 2.45) is 7.05 Å². The van der Waals surface area contributed by atoms with Crippen molar-refractivity contribution in [3.05, 3.63) is 87.2 Å². The number of benzene rings is 3. The molecule has 0 spiro atoms. The zero-order valence-electron chi connectivity index (χ0n) is 16.3. The smallest absolute Gasteiger partial charge is 0.293 e. The molecule has 8 heteroatoms. The highest BCUT2D eigenvalue weighted by Crippen LogP contribution is 2.34. The van der Waals surface area contributed by atoms with Crippen LogP contribution in [0, 0.1) is 10.1 Å². The Morgan fingerprint density at radius 1 is 1.03 bits per heavy atom. The van der Waals surface area contributed by atoms with Crippen molar-refractivity contribution in [1.82, 2.24) is 9.78 Å². The van der Waals surface area contributed by atoms with Crippen LogP contribution in [-0.2, 0) is 7.05 Å². The molecule has 8 nitrogen and oxygen atoms in total. The molecule has 30 heavy (non-hydrogen) atoms. The van der Waals surface area contributed by atoms with Crippen LogP contribution in [0.2, 0.25) is 0 Å². The largest absolute Gasteiger partial charge is 0.497 e. The van der Waals surface area contributed by atoms with E-state index in [0.717, 1.165) is 0 Å². The molecule has 3 aromatic carbocycles. The number of rotatable bonds is 5. The third kappa shape index (κ3) is 3.46. The van der Waals surface area contributed by atoms with Crippen molar-refractivity contribution in [3.8, 4) is 17.0 Å². The van der Waals surface area contributed by atoms with Gasteiger partial charge in [-0.1, -0.05) is 24.3 Å². The van der Waals surface area contributed by atoms with E-state index < -0.39 is 4.92 Å². The summed E-state index contributed by atoms with van der Waals surface area (Å²) in [5, 5.41) is 20.3. The van der Waals surface area contributed by atoms with E-state index in [1.54, 1.807) is 74.8 Å². The molecule has 1 N–H and O–H groups in total. The summed E-state index contributed by atoms with van der Waals surface area (Å²) in [5.41, 5.74) is 1.78. The topological polar surface area (TPSA) is 99.3 Å². The molecule has 0 unspecified atom stereocenters. The third-order valence-corrected chi connectivity index (χ3v) is 4.79. The lowest BCUT2D eigenvalue weighted by Gasteiger charge is -2.11. The van der Waals surface area contributed by atoms with Gasteiger partial charge in [-0.3, -0.25) is 14.9 Å². The highest BCUT2D eigenvalue weighted by molar-refractivity contribution is 5.94. The highest BCUT2D eigenvalue weighted by atomic mass is 16.6. The molecule has 0 saturated heterocycles. The fourth-order valence-electron chi connectivity index (χ4n) is 3.28. The number of aryl methyl sites for hydroxylation is 1. The molecule has 0 amide bonds. The zero-order valence-corrected chi connectivity index (χ0v) is 16.3. The number of nitrogens with one attached hydrogen (secondary N) is 1. The van der Waals surface area contributed by atoms with E-state index in [-0.39, 0.29) is 11.2 Å². The number of ether oxygens (including phenoxy) is 1. The van der Waals surface area contributed by atoms with Gasteiger partial charge in [-0.05, 0) is 36.4 Å². The Labute approximate surface area is 171 Å². The molecule has 1 aromatic heterocycles. The summed E-state index contributed by atoms with van der Waals surface area (Å²) < 4.78 is 6.38. The van der Waals surface area contributed by atoms with Gasteiger partial charge in [0.05, 0.1) is 23.1 Å². The number of nitro benzene ring substituents is 1. The van der Waals surface area contributed by atoms with Gasteiger partial charge in [0.15, 0.2) is 0 Å². The van der Waals surface area contributed by atoms with Crippen molar-refractivity contribution in [1.29, 1.82) is 0 Å². The number of methoxy groups -OCH3 is 1. The van der Waals surface area contributed by atoms with Crippen molar-refractivity contribution >= 4 is 27.8 Å². The Kier molecular flexibility index (Phi) is 4.89. The first-order chi connectivity index (χ1) is 14.5. The summed E-state index contributed by atoms with van der Waals surface area (Å²) in [6.07, 6.45) is 0. The second kappa shape index (κ2) is 7.67. The molecule has 0 aliphatic carbocycles. The lowest BCUT2D eigenvalue weighted by Crippen LogP contribution is -2.20. The van der Waals surface area contributed by atoms with Crippen LogP contribution in [0.5, 0.6) is 5.75 Å². The molecular formula is C22H18N4O4. The molecule has 0 aliphatic heterocycles. The normalized spacial score (nSPS) is 10.7. The van der Waals surface area contributed by atoms with Crippen LogP contribution in [0.15, 0.2) is 71.5 Å². The number of aromatic nitrogens is 2. The molecule has 0 saturated carbocycles. The van der Waals surface area contributed by atoms with Crippen molar-refractivity contribution < 1.29 is 9.66 Å². The minimum absolute atomic E-state index is 0.0944. The predicted molar refractivity (Wildman–Crippen MR) is 115 cm³/mol. The number of nitrogens with zero attached hydrogens (tertiary/aromatic N) is 3. The average molecular weight is 402 g/mol. The summed E-state index contributed by atoms with van der Waals surface area (Å²) in [6, 6.07) is 19.0. The first kappa shape index (κ1) is 19.1. The molecule has 150 valence electrons. The van der Waals surface area contributed by atoms with Gasteiger partial charge < -0.3 is 10.1 Å². The number of nitro groups is 1. The second-order valence-electron chi connectivity index (χ2n) is 6.67. The molecule has 4 rings (SSSR count). The first-order valence-corrected chi connectivity index (χ1v) is 9.14. The lowest BCUT2D eigenvalue weighted by atomic mass is 10.0. The van der Waals surface area contributed by atoms with Gasteiger partial charge in [0.2, 0.25) is 0 Å². The maximum atomic E-state index is 12.4. The number of anilines is 2. The van der Waals surface area contributed by atoms with Crippen LogP contribution in [0.25, 0.3) is 22.0 Å². The third-order valence-electron chi connectivity index (χ3n) is 4.79. The van der Waals surface area contributed by atoms with Crippen LogP contribution in [-0.4, -0.2) is 21.8 Å². The predicted octanol–water partition coefficient (Wildman–Crippen LogP) is 4.26. The summed E-state index contributed by atoms with van der Waals surface area (Å²) in [7, 11) is 3.13. The Hall–Kier alpha value is -4.20. The zero-order chi connectivity index (χ0) is 21.3. The van der Waals surface area contributed by atoms with E-state index in [4.69, 9.17) is 4.74 Å². The Balaban J connectivity index is 1.81. The van der Waals surface area contributed by atoms with Gasteiger partial charge >= 0.3 is 0 Å². The number of fused-ring (bicyclic) bond motifs is 1. The molecule has 0 fully saturated rings. The van der Waals surface area contributed by atoms with E-state index in [0.29, 0.717) is 39.2 Å². The van der Waals surface area contributed by atoms with Crippen LogP contribution in [0.1, 0.15) is 0 Å². The quantitative estimate of drug-likeness (QED) is 0.395.